The number of carbonyl (C=O) groups is 4. The number of fused-ring (bicyclic) bond motifs is 1. The van der Waals surface area contributed by atoms with Crippen molar-refractivity contribution < 1.29 is 82.1 Å². The number of esters is 1. The summed E-state index contributed by atoms with van der Waals surface area (Å²) >= 11 is 0. The molecule has 8 heteroatoms. The Morgan fingerprint density at radius 1 is 1.33 bits per heavy atom. The molecule has 0 radical (unpaired) electrons. The molecule has 24 heavy (non-hydrogen) atoms. The minimum atomic E-state index is -0.631. The van der Waals surface area contributed by atoms with Gasteiger partial charge in [0.15, 0.2) is 0 Å². The van der Waals surface area contributed by atoms with Crippen LogP contribution in [0.2, 0.25) is 0 Å². The Labute approximate surface area is 187 Å². The summed E-state index contributed by atoms with van der Waals surface area (Å²) in [5.74, 6) is -1.45. The van der Waals surface area contributed by atoms with Gasteiger partial charge in [0, 0.05) is 19.9 Å². The SMILES string of the molecule is CC(=O)O[CH-]c1ccc2c(c1)C(=O)N(C1CCC(=O)NC1=O)C2.[Rb+]. The van der Waals surface area contributed by atoms with E-state index in [-0.39, 0.29) is 76.4 Å². The average Bonchev–Trinajstić information content (AvgIpc) is 2.82. The number of amides is 3. The Kier molecular flexibility index (Phi) is 6.36. The zero-order valence-electron chi connectivity index (χ0n) is 13.5. The van der Waals surface area contributed by atoms with E-state index in [9.17, 15) is 19.2 Å². The number of nitrogens with one attached hydrogen (secondary N) is 1. The Bertz CT molecular complexity index is 718. The molecule has 1 fully saturated rings. The van der Waals surface area contributed by atoms with Crippen LogP contribution in [0.5, 0.6) is 0 Å². The van der Waals surface area contributed by atoms with Crippen molar-refractivity contribution in [3.8, 4) is 0 Å². The molecule has 3 rings (SSSR count). The van der Waals surface area contributed by atoms with Gasteiger partial charge in [-0.3, -0.25) is 24.5 Å². The molecule has 2 heterocycles. The van der Waals surface area contributed by atoms with Crippen LogP contribution in [0.25, 0.3) is 0 Å². The Morgan fingerprint density at radius 3 is 2.75 bits per heavy atom. The van der Waals surface area contributed by atoms with Crippen LogP contribution in [0, 0.1) is 6.61 Å². The molecule has 1 N–H and O–H groups in total. The van der Waals surface area contributed by atoms with Crippen LogP contribution in [0.15, 0.2) is 18.2 Å². The maximum Gasteiger partial charge on any atom is 1.00 e. The normalized spacial score (nSPS) is 19.3. The summed E-state index contributed by atoms with van der Waals surface area (Å²) in [6.45, 7) is 2.90. The first-order chi connectivity index (χ1) is 11.0. The number of nitrogens with zero attached hydrogens (tertiary/aromatic N) is 1. The van der Waals surface area contributed by atoms with Crippen LogP contribution in [0.3, 0.4) is 0 Å². The molecule has 1 unspecified atom stereocenters. The molecule has 2 aliphatic rings. The van der Waals surface area contributed by atoms with E-state index in [1.54, 1.807) is 18.2 Å². The summed E-state index contributed by atoms with van der Waals surface area (Å²) in [7, 11) is 0. The van der Waals surface area contributed by atoms with Crippen molar-refractivity contribution in [2.24, 2.45) is 0 Å². The van der Waals surface area contributed by atoms with Gasteiger partial charge in [-0.2, -0.15) is 11.6 Å². The minimum Gasteiger partial charge on any atom is -0.498 e. The topological polar surface area (TPSA) is 92.8 Å². The molecule has 120 valence electrons. The van der Waals surface area contributed by atoms with Crippen LogP contribution in [0.1, 0.15) is 41.3 Å². The van der Waals surface area contributed by atoms with Gasteiger partial charge in [0.2, 0.25) is 17.7 Å². The van der Waals surface area contributed by atoms with Gasteiger partial charge in [-0.05, 0) is 24.2 Å². The Balaban J connectivity index is 0.00000208. The first-order valence-electron chi connectivity index (χ1n) is 7.24. The van der Waals surface area contributed by atoms with Gasteiger partial charge in [-0.15, -0.1) is 12.1 Å². The van der Waals surface area contributed by atoms with E-state index in [4.69, 9.17) is 4.74 Å². The van der Waals surface area contributed by atoms with E-state index in [0.29, 0.717) is 24.1 Å². The first-order valence-corrected chi connectivity index (χ1v) is 7.24. The number of carbonyl (C=O) groups excluding carboxylic acids is 4. The molecule has 0 spiro atoms. The van der Waals surface area contributed by atoms with E-state index >= 15 is 0 Å². The van der Waals surface area contributed by atoms with Crippen LogP contribution in [-0.4, -0.2) is 34.6 Å². The summed E-state index contributed by atoms with van der Waals surface area (Å²) in [5, 5.41) is 2.26. The van der Waals surface area contributed by atoms with Crippen LogP contribution in [0.4, 0.5) is 0 Å². The molecule has 2 aliphatic heterocycles. The van der Waals surface area contributed by atoms with Crippen LogP contribution < -0.4 is 63.5 Å². The van der Waals surface area contributed by atoms with Gasteiger partial charge in [0.25, 0.3) is 5.97 Å². The fraction of sp³-hybridized carbons (Fsp3) is 0.312. The third-order valence-electron chi connectivity index (χ3n) is 3.91. The predicted molar refractivity (Wildman–Crippen MR) is 77.7 cm³/mol. The number of hydrogen-bond donors (Lipinski definition) is 1. The fourth-order valence-corrected chi connectivity index (χ4v) is 2.80. The summed E-state index contributed by atoms with van der Waals surface area (Å²) in [6.07, 6.45) is 0.554. The molecular formula is C16H15N2O5Rb. The molecular weight excluding hydrogens is 386 g/mol. The van der Waals surface area contributed by atoms with E-state index in [0.717, 1.165) is 5.56 Å². The number of piperidine rings is 1. The Morgan fingerprint density at radius 2 is 2.08 bits per heavy atom. The second-order valence-electron chi connectivity index (χ2n) is 5.54. The minimum absolute atomic E-state index is 0. The molecule has 0 saturated carbocycles. The second kappa shape index (κ2) is 7.90. The number of ether oxygens (including phenoxy) is 1. The van der Waals surface area contributed by atoms with Gasteiger partial charge in [0.05, 0.1) is 0 Å². The molecule has 1 atom stereocenters. The van der Waals surface area contributed by atoms with Crippen molar-refractivity contribution in [1.29, 1.82) is 0 Å². The van der Waals surface area contributed by atoms with E-state index in [1.807, 2.05) is 0 Å². The molecule has 1 aromatic rings. The largest absolute Gasteiger partial charge is 1.00 e. The van der Waals surface area contributed by atoms with Crippen molar-refractivity contribution in [3.63, 3.8) is 0 Å². The molecule has 1 aromatic carbocycles. The standard InChI is InChI=1S/C16H15N2O5.Rb/c1-9(19)23-8-10-2-3-11-7-18(16(22)12(11)6-10)13-4-5-14(20)17-15(13)21;/h2-3,6,8,13H,4-5,7H2,1H3,(H,17,20,21);/q-1;+1. The summed E-state index contributed by atoms with van der Waals surface area (Å²) in [5.41, 5.74) is 1.88. The van der Waals surface area contributed by atoms with Crippen molar-refractivity contribution >= 4 is 23.7 Å². The third kappa shape index (κ3) is 3.96. The van der Waals surface area contributed by atoms with Crippen LogP contribution in [-0.2, 0) is 25.7 Å². The molecule has 7 nitrogen and oxygen atoms in total. The summed E-state index contributed by atoms with van der Waals surface area (Å²) < 4.78 is 4.80. The van der Waals surface area contributed by atoms with E-state index in [1.165, 1.54) is 18.4 Å². The number of hydrogen-bond acceptors (Lipinski definition) is 5. The van der Waals surface area contributed by atoms with Gasteiger partial charge in [0.1, 0.15) is 6.04 Å². The van der Waals surface area contributed by atoms with Crippen molar-refractivity contribution in [2.45, 2.75) is 32.4 Å². The average molecular weight is 401 g/mol. The maximum atomic E-state index is 12.6. The van der Waals surface area contributed by atoms with Gasteiger partial charge >= 0.3 is 58.2 Å². The summed E-state index contributed by atoms with van der Waals surface area (Å²) in [6, 6.07) is 4.51. The maximum absolute atomic E-state index is 12.6. The number of rotatable bonds is 3. The summed E-state index contributed by atoms with van der Waals surface area (Å²) in [4.78, 5) is 48.0. The number of benzene rings is 1. The zero-order valence-corrected chi connectivity index (χ0v) is 18.4. The first kappa shape index (κ1) is 19.3. The molecule has 3 amide bonds. The smallest absolute Gasteiger partial charge is 0.498 e. The predicted octanol–water partition coefficient (Wildman–Crippen LogP) is -2.48. The third-order valence-corrected chi connectivity index (χ3v) is 3.91. The van der Waals surface area contributed by atoms with Crippen molar-refractivity contribution in [3.05, 3.63) is 41.5 Å². The van der Waals surface area contributed by atoms with Crippen LogP contribution >= 0.6 is 0 Å². The molecule has 0 aliphatic carbocycles. The fourth-order valence-electron chi connectivity index (χ4n) is 2.80. The second-order valence-corrected chi connectivity index (χ2v) is 5.54. The van der Waals surface area contributed by atoms with E-state index < -0.39 is 17.9 Å². The quantitative estimate of drug-likeness (QED) is 0.345. The molecule has 1 saturated heterocycles. The van der Waals surface area contributed by atoms with Crippen molar-refractivity contribution in [1.82, 2.24) is 10.2 Å². The monoisotopic (exact) mass is 400 g/mol. The number of imide groups is 1. The zero-order chi connectivity index (χ0) is 16.6. The molecule has 0 bridgehead atoms. The Hall–Kier alpha value is -1.02. The van der Waals surface area contributed by atoms with Gasteiger partial charge in [-0.25, -0.2) is 0 Å². The van der Waals surface area contributed by atoms with E-state index in [2.05, 4.69) is 5.32 Å². The van der Waals surface area contributed by atoms with Gasteiger partial charge in [-0.1, -0.05) is 0 Å². The van der Waals surface area contributed by atoms with Gasteiger partial charge < -0.3 is 9.64 Å². The molecule has 0 aromatic heterocycles. The van der Waals surface area contributed by atoms with Crippen molar-refractivity contribution in [2.75, 3.05) is 0 Å².